The molecule has 59 heavy (non-hydrogen) atoms. The van der Waals surface area contributed by atoms with Crippen molar-refractivity contribution in [2.75, 3.05) is 0 Å². The Balaban J connectivity index is 0.000000220. The van der Waals surface area contributed by atoms with Crippen LogP contribution in [0.5, 0.6) is 0 Å². The van der Waals surface area contributed by atoms with Crippen LogP contribution in [-0.4, -0.2) is 8.07 Å². The molecule has 0 aliphatic rings. The number of hydrogen-bond acceptors (Lipinski definition) is 1. The molecule has 0 saturated heterocycles. The largest absolute Gasteiger partial charge is 0.469 e. The number of hydrogen-bond donors (Lipinski definition) is 0. The average Bonchev–Trinajstić information content (AvgIpc) is 3.57. The van der Waals surface area contributed by atoms with Crippen molar-refractivity contribution in [3.8, 4) is 44.8 Å². The monoisotopic (exact) mass is 969 g/mol. The van der Waals surface area contributed by atoms with E-state index in [2.05, 4.69) is 204 Å². The van der Waals surface area contributed by atoms with Crippen LogP contribution in [0.2, 0.25) is 19.6 Å². The molecule has 0 saturated carbocycles. The van der Waals surface area contributed by atoms with E-state index in [1.165, 1.54) is 38.6 Å². The molecule has 5 aromatic carbocycles. The molecule has 3 nitrogen and oxygen atoms in total. The molecule has 303 valence electrons. The first kappa shape index (κ1) is 43.1. The summed E-state index contributed by atoms with van der Waals surface area (Å²) in [5.74, 6) is 0.928. The number of aryl methyl sites for hydroxylation is 1. The third-order valence-electron chi connectivity index (χ3n) is 11.3. The molecule has 0 atom stereocenters. The van der Waals surface area contributed by atoms with Crippen LogP contribution in [0.15, 0.2) is 138 Å². The predicted octanol–water partition coefficient (Wildman–Crippen LogP) is 13.3. The molecule has 0 bridgehead atoms. The number of aromatic nitrogens is 2. The Labute approximate surface area is 367 Å². The van der Waals surface area contributed by atoms with Crippen LogP contribution >= 0.6 is 0 Å². The molecule has 0 aliphatic carbocycles. The fourth-order valence-electron chi connectivity index (χ4n) is 8.03. The van der Waals surface area contributed by atoms with E-state index in [1.807, 2.05) is 21.4 Å². The molecule has 0 N–H and O–H groups in total. The fourth-order valence-corrected chi connectivity index (χ4v) is 9.80. The molecule has 3 heterocycles. The van der Waals surface area contributed by atoms with Gasteiger partial charge in [-0.2, -0.15) is 37.1 Å². The Morgan fingerprint density at radius 3 is 1.83 bits per heavy atom. The van der Waals surface area contributed by atoms with Crippen LogP contribution in [0.1, 0.15) is 67.3 Å². The number of rotatable bonds is 7. The number of fused-ring (bicyclic) bond motifs is 3. The Bertz CT molecular complexity index is 2740. The van der Waals surface area contributed by atoms with Crippen LogP contribution < -0.4 is 14.3 Å². The third kappa shape index (κ3) is 8.65. The number of nitrogens with zero attached hydrogens (tertiary/aromatic N) is 2. The summed E-state index contributed by atoms with van der Waals surface area (Å²) >= 11 is 0. The van der Waals surface area contributed by atoms with Crippen molar-refractivity contribution in [1.82, 2.24) is 0 Å². The first-order valence-electron chi connectivity index (χ1n) is 20.3. The minimum atomic E-state index is -1.40. The van der Waals surface area contributed by atoms with Crippen LogP contribution in [0, 0.1) is 34.9 Å². The summed E-state index contributed by atoms with van der Waals surface area (Å²) in [6, 6.07) is 42.7. The quantitative estimate of drug-likeness (QED) is 0.0886. The van der Waals surface area contributed by atoms with Gasteiger partial charge >= 0.3 is 0 Å². The number of furan rings is 1. The number of pyridine rings is 2. The first-order valence-corrected chi connectivity index (χ1v) is 23.8. The van der Waals surface area contributed by atoms with Crippen molar-refractivity contribution in [2.24, 2.45) is 0 Å². The smallest absolute Gasteiger partial charge is 0.141 e. The van der Waals surface area contributed by atoms with Gasteiger partial charge in [-0.1, -0.05) is 168 Å². The molecule has 0 aliphatic heterocycles. The maximum atomic E-state index is 6.69. The summed E-state index contributed by atoms with van der Waals surface area (Å²) in [4.78, 5) is 0. The fraction of sp³-hybridized carbons (Fsp3) is 0.185. The van der Waals surface area contributed by atoms with E-state index in [4.69, 9.17) is 4.42 Å². The normalized spacial score (nSPS) is 11.5. The summed E-state index contributed by atoms with van der Waals surface area (Å²) in [7, 11) is 7.11. The molecular weight excluding hydrogens is 913 g/mol. The number of para-hydroxylation sites is 1. The molecule has 0 spiro atoms. The summed E-state index contributed by atoms with van der Waals surface area (Å²) < 4.78 is 10.6. The standard InChI is InChI=1S/C34H28NO.C20H28NSi.Ir/c1-22(2)27-19-20-35(4)31(21-27)32-23(3)13-18-30-29-12-8-11-28(33(29)36-34(30)32)26-16-14-25(15-17-26)24-9-6-5-7-10-24;1-14(2)17-12-18(20-15(3)10-9-11-16(20)4)21(5)13-19(17)22(6,7)8;/h5-22H,3-4H2,1-2H3;9-14H,3,5H2,1-2,4,6-8H3;/q2*-1;. The Morgan fingerprint density at radius 1 is 0.576 bits per heavy atom. The van der Waals surface area contributed by atoms with E-state index in [1.54, 1.807) is 0 Å². The van der Waals surface area contributed by atoms with E-state index in [-0.39, 0.29) is 20.1 Å². The van der Waals surface area contributed by atoms with Crippen molar-refractivity contribution >= 4 is 35.2 Å². The molecule has 8 rings (SSSR count). The van der Waals surface area contributed by atoms with E-state index in [0.29, 0.717) is 11.8 Å². The molecular formula is C54H56IrN2OSi-2. The minimum absolute atomic E-state index is 0. The zero-order valence-corrected chi connectivity index (χ0v) is 39.2. The zero-order valence-electron chi connectivity index (χ0n) is 35.8. The molecule has 3 aromatic heterocycles. The van der Waals surface area contributed by atoms with E-state index < -0.39 is 8.07 Å². The van der Waals surface area contributed by atoms with E-state index >= 15 is 0 Å². The maximum absolute atomic E-state index is 6.69. The average molecular weight is 969 g/mol. The Hall–Kier alpha value is -5.45. The summed E-state index contributed by atoms with van der Waals surface area (Å²) in [6.45, 7) is 26.9. The summed E-state index contributed by atoms with van der Waals surface area (Å²) in [5, 5.41) is 3.69. The summed E-state index contributed by atoms with van der Waals surface area (Å²) in [5.41, 5.74) is 16.7. The van der Waals surface area contributed by atoms with Gasteiger partial charge in [0.05, 0.1) is 37.4 Å². The molecule has 8 aromatic rings. The van der Waals surface area contributed by atoms with Crippen LogP contribution in [-0.2, 0) is 20.1 Å². The van der Waals surface area contributed by atoms with Gasteiger partial charge in [0.25, 0.3) is 0 Å². The van der Waals surface area contributed by atoms with Crippen molar-refractivity contribution < 1.29 is 33.7 Å². The number of benzene rings is 5. The van der Waals surface area contributed by atoms with Gasteiger partial charge in [-0.3, -0.25) is 0 Å². The van der Waals surface area contributed by atoms with Gasteiger partial charge in [-0.25, -0.2) is 0 Å². The second-order valence-electron chi connectivity index (χ2n) is 17.2. The van der Waals surface area contributed by atoms with Crippen LogP contribution in [0.3, 0.4) is 0 Å². The van der Waals surface area contributed by atoms with Gasteiger partial charge in [0.2, 0.25) is 0 Å². The zero-order chi connectivity index (χ0) is 41.5. The van der Waals surface area contributed by atoms with Crippen molar-refractivity contribution in [2.45, 2.75) is 66.1 Å². The SMILES string of the molecule is [CH2-]c1ccc2c(oc3c(-c4ccc(-c5ccccc5)cc4)cccc32)c1-c1cc(C(C)C)cc[n+]1[CH2-].[CH2-]c1cccc(C)c1-c1cc(C(C)C)c([Si](C)(C)C)c[n+]1[CH2-].[Ir]. The second kappa shape index (κ2) is 17.4. The summed E-state index contributed by atoms with van der Waals surface area (Å²) in [6.07, 6.45) is 4.27. The van der Waals surface area contributed by atoms with Crippen molar-refractivity contribution in [3.05, 3.63) is 189 Å². The molecule has 0 unspecified atom stereocenters. The van der Waals surface area contributed by atoms with E-state index in [9.17, 15) is 0 Å². The van der Waals surface area contributed by atoms with Gasteiger partial charge < -0.3 is 13.6 Å². The Kier molecular flexibility index (Phi) is 12.7. The van der Waals surface area contributed by atoms with E-state index in [0.717, 1.165) is 61.1 Å². The molecule has 0 fully saturated rings. The maximum Gasteiger partial charge on any atom is 0.141 e. The van der Waals surface area contributed by atoms with Gasteiger partial charge in [0.15, 0.2) is 0 Å². The minimum Gasteiger partial charge on any atom is -0.469 e. The van der Waals surface area contributed by atoms with Gasteiger partial charge in [-0.15, -0.1) is 23.3 Å². The topological polar surface area (TPSA) is 20.9 Å². The third-order valence-corrected chi connectivity index (χ3v) is 13.3. The van der Waals surface area contributed by atoms with Gasteiger partial charge in [0.1, 0.15) is 5.58 Å². The van der Waals surface area contributed by atoms with Crippen LogP contribution in [0.25, 0.3) is 66.7 Å². The molecule has 1 radical (unpaired) electrons. The van der Waals surface area contributed by atoms with Crippen molar-refractivity contribution in [1.29, 1.82) is 0 Å². The molecule has 5 heteroatoms. The van der Waals surface area contributed by atoms with Crippen molar-refractivity contribution in [3.63, 3.8) is 0 Å². The van der Waals surface area contributed by atoms with Gasteiger partial charge in [-0.05, 0) is 33.7 Å². The predicted molar refractivity (Wildman–Crippen MR) is 249 cm³/mol. The van der Waals surface area contributed by atoms with Gasteiger partial charge in [0, 0.05) is 50.5 Å². The van der Waals surface area contributed by atoms with Crippen LogP contribution in [0.4, 0.5) is 0 Å². The second-order valence-corrected chi connectivity index (χ2v) is 22.2. The Morgan fingerprint density at radius 2 is 1.19 bits per heavy atom. The molecule has 0 amide bonds. The first-order chi connectivity index (χ1) is 27.6.